The SMILES string of the molecule is CC(C)(C(=O)Nc1cc(Br)ccc1Br)C(N)=S. The first-order chi connectivity index (χ1) is 7.75. The molecule has 1 rings (SSSR count). The molecule has 0 unspecified atom stereocenters. The number of halogens is 2. The highest BCUT2D eigenvalue weighted by molar-refractivity contribution is 9.11. The van der Waals surface area contributed by atoms with Crippen LogP contribution in [0, 0.1) is 5.41 Å². The number of carbonyl (C=O) groups excluding carboxylic acids is 1. The van der Waals surface area contributed by atoms with Gasteiger partial charge in [-0.3, -0.25) is 4.79 Å². The van der Waals surface area contributed by atoms with E-state index >= 15 is 0 Å². The highest BCUT2D eigenvalue weighted by atomic mass is 79.9. The fourth-order valence-electron chi connectivity index (χ4n) is 0.984. The number of thiocarbonyl (C=S) groups is 1. The van der Waals surface area contributed by atoms with Gasteiger partial charge in [0.05, 0.1) is 16.1 Å². The fraction of sp³-hybridized carbons (Fsp3) is 0.273. The lowest BCUT2D eigenvalue weighted by atomic mass is 9.92. The minimum atomic E-state index is -0.878. The molecule has 1 amide bonds. The quantitative estimate of drug-likeness (QED) is 0.790. The second-order valence-corrected chi connectivity index (χ2v) is 6.28. The number of carbonyl (C=O) groups is 1. The van der Waals surface area contributed by atoms with Crippen LogP contribution in [0.3, 0.4) is 0 Å². The first-order valence-electron chi connectivity index (χ1n) is 4.81. The van der Waals surface area contributed by atoms with Crippen molar-refractivity contribution in [2.75, 3.05) is 5.32 Å². The van der Waals surface area contributed by atoms with Gasteiger partial charge in [-0.1, -0.05) is 28.1 Å². The van der Waals surface area contributed by atoms with Gasteiger partial charge >= 0.3 is 0 Å². The number of amides is 1. The molecule has 6 heteroatoms. The fourth-order valence-corrected chi connectivity index (χ4v) is 1.78. The van der Waals surface area contributed by atoms with E-state index in [4.69, 9.17) is 18.0 Å². The first-order valence-corrected chi connectivity index (χ1v) is 6.81. The molecular formula is C11H12Br2N2OS. The van der Waals surface area contributed by atoms with E-state index in [1.807, 2.05) is 12.1 Å². The second-order valence-electron chi connectivity index (χ2n) is 4.07. The Morgan fingerprint density at radius 2 is 2.00 bits per heavy atom. The summed E-state index contributed by atoms with van der Waals surface area (Å²) in [6.07, 6.45) is 0. The van der Waals surface area contributed by atoms with Crippen LogP contribution in [0.25, 0.3) is 0 Å². The summed E-state index contributed by atoms with van der Waals surface area (Å²) in [4.78, 5) is 12.2. The van der Waals surface area contributed by atoms with Crippen molar-refractivity contribution in [3.05, 3.63) is 27.1 Å². The molecule has 0 bridgehead atoms. The number of nitrogens with two attached hydrogens (primary N) is 1. The van der Waals surface area contributed by atoms with Crippen LogP contribution in [0.5, 0.6) is 0 Å². The molecule has 0 aliphatic rings. The molecule has 92 valence electrons. The molecule has 0 fully saturated rings. The van der Waals surface area contributed by atoms with Gasteiger partial charge in [0, 0.05) is 8.95 Å². The van der Waals surface area contributed by atoms with Crippen molar-refractivity contribution < 1.29 is 4.79 Å². The Bertz CT molecular complexity index is 475. The molecular weight excluding hydrogens is 368 g/mol. The molecule has 0 saturated carbocycles. The Morgan fingerprint density at radius 1 is 1.41 bits per heavy atom. The Balaban J connectivity index is 2.96. The van der Waals surface area contributed by atoms with Gasteiger partial charge in [-0.2, -0.15) is 0 Å². The topological polar surface area (TPSA) is 55.1 Å². The number of hydrogen-bond acceptors (Lipinski definition) is 2. The van der Waals surface area contributed by atoms with Gasteiger partial charge in [-0.15, -0.1) is 0 Å². The molecule has 0 aliphatic carbocycles. The number of hydrogen-bond donors (Lipinski definition) is 2. The summed E-state index contributed by atoms with van der Waals surface area (Å²) in [6.45, 7) is 3.38. The molecule has 0 heterocycles. The summed E-state index contributed by atoms with van der Waals surface area (Å²) >= 11 is 11.6. The Kier molecular flexibility index (Phi) is 4.69. The smallest absolute Gasteiger partial charge is 0.236 e. The summed E-state index contributed by atoms with van der Waals surface area (Å²) in [5, 5.41) is 2.79. The minimum absolute atomic E-state index is 0.168. The molecule has 0 saturated heterocycles. The number of benzene rings is 1. The van der Waals surface area contributed by atoms with Gasteiger partial charge in [0.25, 0.3) is 0 Å². The van der Waals surface area contributed by atoms with E-state index in [1.165, 1.54) is 0 Å². The zero-order valence-electron chi connectivity index (χ0n) is 9.38. The van der Waals surface area contributed by atoms with Crippen LogP contribution in [0.2, 0.25) is 0 Å². The average Bonchev–Trinajstić information content (AvgIpc) is 2.23. The van der Waals surface area contributed by atoms with Crippen molar-refractivity contribution in [2.24, 2.45) is 11.1 Å². The summed E-state index contributed by atoms with van der Waals surface area (Å²) in [5.41, 5.74) is 5.34. The van der Waals surface area contributed by atoms with Gasteiger partial charge in [0.1, 0.15) is 0 Å². The molecule has 17 heavy (non-hydrogen) atoms. The standard InChI is InChI=1S/C11H12Br2N2OS/c1-11(2,9(14)17)10(16)15-8-5-6(12)3-4-7(8)13/h3-5H,1-2H3,(H2,14,17)(H,15,16). The molecule has 0 aliphatic heterocycles. The zero-order chi connectivity index (χ0) is 13.2. The third-order valence-electron chi connectivity index (χ3n) is 2.36. The van der Waals surface area contributed by atoms with Crippen LogP contribution < -0.4 is 11.1 Å². The Labute approximate surface area is 122 Å². The van der Waals surface area contributed by atoms with Crippen molar-refractivity contribution in [2.45, 2.75) is 13.8 Å². The second kappa shape index (κ2) is 5.46. The van der Waals surface area contributed by atoms with E-state index in [1.54, 1.807) is 19.9 Å². The lowest BCUT2D eigenvalue weighted by Gasteiger charge is -2.22. The summed E-state index contributed by atoms with van der Waals surface area (Å²) in [5.74, 6) is -0.233. The summed E-state index contributed by atoms with van der Waals surface area (Å²) in [7, 11) is 0. The average molecular weight is 380 g/mol. The minimum Gasteiger partial charge on any atom is -0.392 e. The first kappa shape index (κ1) is 14.6. The molecule has 0 atom stereocenters. The van der Waals surface area contributed by atoms with Crippen LogP contribution in [-0.4, -0.2) is 10.9 Å². The summed E-state index contributed by atoms with van der Waals surface area (Å²) < 4.78 is 1.68. The molecule has 0 aromatic heterocycles. The summed E-state index contributed by atoms with van der Waals surface area (Å²) in [6, 6.07) is 5.52. The molecule has 3 nitrogen and oxygen atoms in total. The van der Waals surface area contributed by atoms with Crippen molar-refractivity contribution in [1.82, 2.24) is 0 Å². The van der Waals surface area contributed by atoms with E-state index in [9.17, 15) is 4.79 Å². The van der Waals surface area contributed by atoms with Gasteiger partial charge in [-0.25, -0.2) is 0 Å². The van der Waals surface area contributed by atoms with Gasteiger partial charge in [-0.05, 0) is 48.0 Å². The van der Waals surface area contributed by atoms with Gasteiger partial charge in [0.2, 0.25) is 5.91 Å². The third-order valence-corrected chi connectivity index (χ3v) is 4.06. The highest BCUT2D eigenvalue weighted by Gasteiger charge is 2.31. The lowest BCUT2D eigenvalue weighted by Crippen LogP contribution is -2.41. The van der Waals surface area contributed by atoms with E-state index in [2.05, 4.69) is 37.2 Å². The maximum absolute atomic E-state index is 12.0. The maximum Gasteiger partial charge on any atom is 0.236 e. The van der Waals surface area contributed by atoms with E-state index < -0.39 is 5.41 Å². The number of anilines is 1. The van der Waals surface area contributed by atoms with Crippen molar-refractivity contribution in [3.8, 4) is 0 Å². The van der Waals surface area contributed by atoms with Crippen molar-refractivity contribution >= 4 is 60.7 Å². The molecule has 0 spiro atoms. The molecule has 0 radical (unpaired) electrons. The van der Waals surface area contributed by atoms with Crippen LogP contribution in [0.1, 0.15) is 13.8 Å². The van der Waals surface area contributed by atoms with Crippen molar-refractivity contribution in [1.29, 1.82) is 0 Å². The van der Waals surface area contributed by atoms with Crippen LogP contribution >= 0.6 is 44.1 Å². The predicted octanol–water partition coefficient (Wildman–Crippen LogP) is 3.46. The lowest BCUT2D eigenvalue weighted by molar-refractivity contribution is -0.121. The highest BCUT2D eigenvalue weighted by Crippen LogP contribution is 2.28. The normalized spacial score (nSPS) is 11.1. The largest absolute Gasteiger partial charge is 0.392 e. The van der Waals surface area contributed by atoms with E-state index in [0.717, 1.165) is 8.95 Å². The number of rotatable bonds is 3. The predicted molar refractivity (Wildman–Crippen MR) is 81.0 cm³/mol. The van der Waals surface area contributed by atoms with E-state index in [0.29, 0.717) is 5.69 Å². The van der Waals surface area contributed by atoms with Crippen LogP contribution in [0.15, 0.2) is 27.1 Å². The Morgan fingerprint density at radius 3 is 2.53 bits per heavy atom. The molecule has 1 aromatic carbocycles. The molecule has 1 aromatic rings. The third kappa shape index (κ3) is 3.50. The zero-order valence-corrected chi connectivity index (χ0v) is 13.4. The van der Waals surface area contributed by atoms with Crippen molar-refractivity contribution in [3.63, 3.8) is 0 Å². The molecule has 3 N–H and O–H groups in total. The van der Waals surface area contributed by atoms with Gasteiger partial charge < -0.3 is 11.1 Å². The number of nitrogens with one attached hydrogen (secondary N) is 1. The van der Waals surface area contributed by atoms with E-state index in [-0.39, 0.29) is 10.9 Å². The van der Waals surface area contributed by atoms with Crippen LogP contribution in [0.4, 0.5) is 5.69 Å². The monoisotopic (exact) mass is 378 g/mol. The maximum atomic E-state index is 12.0. The van der Waals surface area contributed by atoms with Gasteiger partial charge in [0.15, 0.2) is 0 Å². The Hall–Kier alpha value is -0.460. The van der Waals surface area contributed by atoms with Crippen LogP contribution in [-0.2, 0) is 4.79 Å².